The minimum Gasteiger partial charge on any atom is -0.467 e. The lowest BCUT2D eigenvalue weighted by atomic mass is 10.1. The maximum Gasteiger partial charge on any atom is 0.317 e. The molecular weight excluding hydrogens is 208 g/mol. The lowest BCUT2D eigenvalue weighted by molar-refractivity contribution is 0.197. The molecule has 0 spiro atoms. The second-order valence-corrected chi connectivity index (χ2v) is 4.02. The zero-order valence-corrected chi connectivity index (χ0v) is 9.06. The number of rotatable bonds is 3. The van der Waals surface area contributed by atoms with Gasteiger partial charge in [-0.3, -0.25) is 0 Å². The first kappa shape index (κ1) is 11.0. The van der Waals surface area contributed by atoms with Crippen LogP contribution in [0, 0.1) is 5.92 Å². The summed E-state index contributed by atoms with van der Waals surface area (Å²) in [6.07, 6.45) is 2.46. The molecule has 1 aliphatic heterocycles. The topological polar surface area (TPSA) is 65.7 Å². The van der Waals surface area contributed by atoms with Gasteiger partial charge in [0.25, 0.3) is 0 Å². The number of carbonyl (C=O) groups excluding carboxylic acids is 1. The van der Waals surface area contributed by atoms with E-state index in [4.69, 9.17) is 9.52 Å². The Morgan fingerprint density at radius 2 is 2.56 bits per heavy atom. The summed E-state index contributed by atoms with van der Waals surface area (Å²) < 4.78 is 5.12. The first-order valence-electron chi connectivity index (χ1n) is 5.45. The van der Waals surface area contributed by atoms with Gasteiger partial charge in [-0.25, -0.2) is 4.79 Å². The summed E-state index contributed by atoms with van der Waals surface area (Å²) in [7, 11) is 0. The first-order chi connectivity index (χ1) is 7.79. The molecule has 16 heavy (non-hydrogen) atoms. The highest BCUT2D eigenvalue weighted by molar-refractivity contribution is 5.74. The summed E-state index contributed by atoms with van der Waals surface area (Å²) in [5, 5.41) is 11.8. The number of carbonyl (C=O) groups is 1. The molecule has 2 heterocycles. The maximum atomic E-state index is 11.7. The Morgan fingerprint density at radius 1 is 1.69 bits per heavy atom. The van der Waals surface area contributed by atoms with Gasteiger partial charge in [-0.15, -0.1) is 0 Å². The smallest absolute Gasteiger partial charge is 0.317 e. The van der Waals surface area contributed by atoms with Gasteiger partial charge < -0.3 is 19.7 Å². The largest absolute Gasteiger partial charge is 0.467 e. The molecule has 1 aromatic rings. The van der Waals surface area contributed by atoms with E-state index in [1.54, 1.807) is 17.2 Å². The lowest BCUT2D eigenvalue weighted by Gasteiger charge is -2.16. The van der Waals surface area contributed by atoms with E-state index in [9.17, 15) is 4.79 Å². The predicted molar refractivity (Wildman–Crippen MR) is 57.7 cm³/mol. The van der Waals surface area contributed by atoms with Crippen molar-refractivity contribution in [1.82, 2.24) is 10.2 Å². The third-order valence-electron chi connectivity index (χ3n) is 2.83. The Labute approximate surface area is 94.0 Å². The van der Waals surface area contributed by atoms with E-state index >= 15 is 0 Å². The minimum atomic E-state index is -0.0904. The van der Waals surface area contributed by atoms with Crippen LogP contribution in [0.2, 0.25) is 0 Å². The fraction of sp³-hybridized carbons (Fsp3) is 0.545. The zero-order valence-electron chi connectivity index (χ0n) is 9.06. The van der Waals surface area contributed by atoms with Gasteiger partial charge in [0.15, 0.2) is 0 Å². The molecule has 2 N–H and O–H groups in total. The maximum absolute atomic E-state index is 11.7. The molecule has 0 aliphatic carbocycles. The van der Waals surface area contributed by atoms with E-state index in [0.717, 1.165) is 18.7 Å². The quantitative estimate of drug-likeness (QED) is 0.798. The van der Waals surface area contributed by atoms with Crippen molar-refractivity contribution in [2.75, 3.05) is 19.7 Å². The van der Waals surface area contributed by atoms with E-state index in [-0.39, 0.29) is 18.6 Å². The number of hydrogen-bond acceptors (Lipinski definition) is 3. The van der Waals surface area contributed by atoms with E-state index in [1.807, 2.05) is 6.07 Å². The van der Waals surface area contributed by atoms with Crippen molar-refractivity contribution in [1.29, 1.82) is 0 Å². The molecule has 1 aromatic heterocycles. The summed E-state index contributed by atoms with van der Waals surface area (Å²) in [5.74, 6) is 0.973. The van der Waals surface area contributed by atoms with Crippen LogP contribution in [-0.2, 0) is 6.54 Å². The zero-order chi connectivity index (χ0) is 11.4. The van der Waals surface area contributed by atoms with Crippen LogP contribution in [0.25, 0.3) is 0 Å². The molecule has 5 heteroatoms. The van der Waals surface area contributed by atoms with Crippen molar-refractivity contribution in [3.05, 3.63) is 24.2 Å². The Bertz CT molecular complexity index is 337. The van der Waals surface area contributed by atoms with Gasteiger partial charge >= 0.3 is 6.03 Å². The third-order valence-corrected chi connectivity index (χ3v) is 2.83. The average Bonchev–Trinajstić information content (AvgIpc) is 2.96. The normalized spacial score (nSPS) is 20.1. The predicted octanol–water partition coefficient (Wildman–Crippen LogP) is 0.803. The molecule has 1 atom stereocenters. The molecule has 2 rings (SSSR count). The molecule has 1 saturated heterocycles. The van der Waals surface area contributed by atoms with Crippen LogP contribution >= 0.6 is 0 Å². The fourth-order valence-corrected chi connectivity index (χ4v) is 1.85. The number of nitrogens with one attached hydrogen (secondary N) is 1. The van der Waals surface area contributed by atoms with E-state index in [1.165, 1.54) is 0 Å². The molecule has 0 bridgehead atoms. The highest BCUT2D eigenvalue weighted by Gasteiger charge is 2.25. The fourth-order valence-electron chi connectivity index (χ4n) is 1.85. The highest BCUT2D eigenvalue weighted by Crippen LogP contribution is 2.15. The van der Waals surface area contributed by atoms with Crippen LogP contribution in [0.4, 0.5) is 4.79 Å². The number of hydrogen-bond donors (Lipinski definition) is 2. The van der Waals surface area contributed by atoms with Crippen LogP contribution in [0.5, 0.6) is 0 Å². The van der Waals surface area contributed by atoms with Crippen molar-refractivity contribution in [2.24, 2.45) is 5.92 Å². The van der Waals surface area contributed by atoms with Crippen LogP contribution in [0.1, 0.15) is 12.2 Å². The van der Waals surface area contributed by atoms with E-state index < -0.39 is 0 Å². The van der Waals surface area contributed by atoms with Gasteiger partial charge in [-0.1, -0.05) is 0 Å². The van der Waals surface area contributed by atoms with Gasteiger partial charge in [0.2, 0.25) is 0 Å². The number of furan rings is 1. The summed E-state index contributed by atoms with van der Waals surface area (Å²) in [6, 6.07) is 3.52. The molecule has 88 valence electrons. The monoisotopic (exact) mass is 224 g/mol. The molecule has 1 aliphatic rings. The number of aliphatic hydroxyl groups excluding tert-OH is 1. The van der Waals surface area contributed by atoms with Crippen molar-refractivity contribution < 1.29 is 14.3 Å². The average molecular weight is 224 g/mol. The summed E-state index contributed by atoms with van der Waals surface area (Å²) in [4.78, 5) is 13.4. The summed E-state index contributed by atoms with van der Waals surface area (Å²) >= 11 is 0. The lowest BCUT2D eigenvalue weighted by Crippen LogP contribution is -2.38. The second-order valence-electron chi connectivity index (χ2n) is 4.02. The van der Waals surface area contributed by atoms with Crippen LogP contribution in [0.3, 0.4) is 0 Å². The van der Waals surface area contributed by atoms with Gasteiger partial charge in [0.05, 0.1) is 12.8 Å². The van der Waals surface area contributed by atoms with Gasteiger partial charge in [0.1, 0.15) is 5.76 Å². The molecular formula is C11H16N2O3. The number of aliphatic hydroxyl groups is 1. The number of amides is 2. The van der Waals surface area contributed by atoms with Gasteiger partial charge in [-0.05, 0) is 18.6 Å². The highest BCUT2D eigenvalue weighted by atomic mass is 16.3. The van der Waals surface area contributed by atoms with E-state index in [2.05, 4.69) is 5.32 Å². The number of urea groups is 1. The third kappa shape index (κ3) is 2.55. The van der Waals surface area contributed by atoms with Crippen molar-refractivity contribution in [3.8, 4) is 0 Å². The Kier molecular flexibility index (Phi) is 3.46. The molecule has 1 unspecified atom stereocenters. The summed E-state index contributed by atoms with van der Waals surface area (Å²) in [6.45, 7) is 1.92. The molecule has 0 saturated carbocycles. The van der Waals surface area contributed by atoms with Crippen molar-refractivity contribution >= 4 is 6.03 Å². The minimum absolute atomic E-state index is 0.0904. The van der Waals surface area contributed by atoms with Crippen LogP contribution in [-0.4, -0.2) is 35.7 Å². The van der Waals surface area contributed by atoms with Gasteiger partial charge in [-0.2, -0.15) is 0 Å². The van der Waals surface area contributed by atoms with Crippen LogP contribution in [0.15, 0.2) is 22.8 Å². The molecule has 0 radical (unpaired) electrons. The SMILES string of the molecule is O=C(NCc1ccco1)N1CCC(CO)C1. The van der Waals surface area contributed by atoms with E-state index in [0.29, 0.717) is 13.1 Å². The molecule has 0 aromatic carbocycles. The Balaban J connectivity index is 1.76. The molecule has 2 amide bonds. The van der Waals surface area contributed by atoms with Crippen molar-refractivity contribution in [3.63, 3.8) is 0 Å². The van der Waals surface area contributed by atoms with Gasteiger partial charge in [0, 0.05) is 25.6 Å². The number of nitrogens with zero attached hydrogens (tertiary/aromatic N) is 1. The second kappa shape index (κ2) is 5.03. The molecule has 1 fully saturated rings. The molecule has 5 nitrogen and oxygen atoms in total. The Hall–Kier alpha value is -1.49. The Morgan fingerprint density at radius 3 is 3.19 bits per heavy atom. The first-order valence-corrected chi connectivity index (χ1v) is 5.45. The standard InChI is InChI=1S/C11H16N2O3/c14-8-9-3-4-13(7-9)11(15)12-6-10-2-1-5-16-10/h1-2,5,9,14H,3-4,6-8H2,(H,12,15). The van der Waals surface area contributed by atoms with Crippen LogP contribution < -0.4 is 5.32 Å². The van der Waals surface area contributed by atoms with Crippen molar-refractivity contribution in [2.45, 2.75) is 13.0 Å². The number of likely N-dealkylation sites (tertiary alicyclic amines) is 1. The summed E-state index contributed by atoms with van der Waals surface area (Å²) in [5.41, 5.74) is 0.